The molecule has 0 unspecified atom stereocenters. The van der Waals surface area contributed by atoms with Crippen LogP contribution in [-0.4, -0.2) is 25.2 Å². The predicted octanol–water partition coefficient (Wildman–Crippen LogP) is 3.99. The minimum atomic E-state index is -0.368. The molecule has 0 atom stereocenters. The Morgan fingerprint density at radius 2 is 1.21 bits per heavy atom. The minimum Gasteiger partial charge on any atom is -0.463 e. The molecule has 0 N–H and O–H groups in total. The minimum absolute atomic E-state index is 0.349. The van der Waals surface area contributed by atoms with Crippen molar-refractivity contribution < 1.29 is 19.1 Å². The maximum atomic E-state index is 11.5. The van der Waals surface area contributed by atoms with Crippen molar-refractivity contribution in [3.05, 3.63) is 59.7 Å². The van der Waals surface area contributed by atoms with Crippen LogP contribution in [0.15, 0.2) is 48.6 Å². The lowest BCUT2D eigenvalue weighted by molar-refractivity contribution is -0.138. The number of carbonyl (C=O) groups is 2. The van der Waals surface area contributed by atoms with Crippen LogP contribution in [0.4, 0.5) is 0 Å². The van der Waals surface area contributed by atoms with Crippen molar-refractivity contribution in [2.75, 3.05) is 13.2 Å². The summed E-state index contributed by atoms with van der Waals surface area (Å²) in [6.07, 6.45) is 6.30. The highest BCUT2D eigenvalue weighted by atomic mass is 16.5. The fourth-order valence-electron chi connectivity index (χ4n) is 2.35. The van der Waals surface area contributed by atoms with Gasteiger partial charge in [-0.3, -0.25) is 0 Å². The lowest BCUT2D eigenvalue weighted by atomic mass is 9.99. The van der Waals surface area contributed by atoms with E-state index >= 15 is 0 Å². The third-order valence-corrected chi connectivity index (χ3v) is 3.36. The molecule has 0 aromatic heterocycles. The van der Waals surface area contributed by atoms with Crippen molar-refractivity contribution in [1.82, 2.24) is 0 Å². The van der Waals surface area contributed by atoms with Gasteiger partial charge in [-0.2, -0.15) is 0 Å². The molecule has 0 amide bonds. The van der Waals surface area contributed by atoms with E-state index in [-0.39, 0.29) is 11.9 Å². The van der Waals surface area contributed by atoms with Crippen molar-refractivity contribution in [3.63, 3.8) is 0 Å². The van der Waals surface area contributed by atoms with Crippen LogP contribution in [0.5, 0.6) is 0 Å². The Kier molecular flexibility index (Phi) is 6.32. The van der Waals surface area contributed by atoms with Gasteiger partial charge in [0.25, 0.3) is 0 Å². The highest BCUT2D eigenvalue weighted by Crippen LogP contribution is 2.24. The number of ether oxygens (including phenoxy) is 2. The normalized spacial score (nSPS) is 11.2. The fraction of sp³-hybridized carbons (Fsp3) is 0.200. The maximum absolute atomic E-state index is 11.5. The van der Waals surface area contributed by atoms with Crippen molar-refractivity contribution in [2.24, 2.45) is 0 Å². The zero-order valence-electron chi connectivity index (χ0n) is 13.8. The molecule has 4 nitrogen and oxygen atoms in total. The number of hydrogen-bond donors (Lipinski definition) is 0. The largest absolute Gasteiger partial charge is 0.463 e. The SMILES string of the molecule is CCOC(=O)/C=C/c1cccc2c(/C=C/C(=O)OCC)cccc12. The lowest BCUT2D eigenvalue weighted by Crippen LogP contribution is -1.99. The highest BCUT2D eigenvalue weighted by molar-refractivity contribution is 5.99. The van der Waals surface area contributed by atoms with Gasteiger partial charge in [-0.25, -0.2) is 9.59 Å². The average molecular weight is 324 g/mol. The summed E-state index contributed by atoms with van der Waals surface area (Å²) in [5.74, 6) is -0.735. The van der Waals surface area contributed by atoms with E-state index in [1.165, 1.54) is 12.2 Å². The third kappa shape index (κ3) is 4.56. The molecule has 24 heavy (non-hydrogen) atoms. The first-order valence-electron chi connectivity index (χ1n) is 7.87. The maximum Gasteiger partial charge on any atom is 0.330 e. The van der Waals surface area contributed by atoms with Crippen LogP contribution in [0.2, 0.25) is 0 Å². The average Bonchev–Trinajstić information content (AvgIpc) is 2.58. The molecule has 0 spiro atoms. The predicted molar refractivity (Wildman–Crippen MR) is 95.3 cm³/mol. The van der Waals surface area contributed by atoms with Gasteiger partial charge in [-0.15, -0.1) is 0 Å². The Labute approximate surface area is 141 Å². The van der Waals surface area contributed by atoms with Gasteiger partial charge < -0.3 is 9.47 Å². The summed E-state index contributed by atoms with van der Waals surface area (Å²) in [6, 6.07) is 11.6. The van der Waals surface area contributed by atoms with Gasteiger partial charge >= 0.3 is 11.9 Å². The van der Waals surface area contributed by atoms with E-state index < -0.39 is 0 Å². The molecule has 0 aliphatic heterocycles. The second kappa shape index (κ2) is 8.67. The van der Waals surface area contributed by atoms with Crippen LogP contribution in [0.3, 0.4) is 0 Å². The summed E-state index contributed by atoms with van der Waals surface area (Å²) in [7, 11) is 0. The van der Waals surface area contributed by atoms with Gasteiger partial charge in [0.05, 0.1) is 13.2 Å². The number of rotatable bonds is 6. The Balaban J connectivity index is 2.35. The topological polar surface area (TPSA) is 52.6 Å². The van der Waals surface area contributed by atoms with Gasteiger partial charge in [-0.1, -0.05) is 36.4 Å². The molecule has 0 aliphatic carbocycles. The Bertz CT molecular complexity index is 720. The molecule has 0 saturated carbocycles. The zero-order valence-corrected chi connectivity index (χ0v) is 13.8. The first kappa shape index (κ1) is 17.5. The van der Waals surface area contributed by atoms with Gasteiger partial charge in [0.2, 0.25) is 0 Å². The first-order valence-corrected chi connectivity index (χ1v) is 7.87. The molecule has 4 heteroatoms. The zero-order chi connectivity index (χ0) is 17.4. The lowest BCUT2D eigenvalue weighted by Gasteiger charge is -2.06. The summed E-state index contributed by atoms with van der Waals surface area (Å²) >= 11 is 0. The van der Waals surface area contributed by atoms with Crippen molar-refractivity contribution in [2.45, 2.75) is 13.8 Å². The number of hydrogen-bond acceptors (Lipinski definition) is 4. The quantitative estimate of drug-likeness (QED) is 0.595. The van der Waals surface area contributed by atoms with Gasteiger partial charge in [0.15, 0.2) is 0 Å². The van der Waals surface area contributed by atoms with Crippen LogP contribution >= 0.6 is 0 Å². The van der Waals surface area contributed by atoms with E-state index in [0.29, 0.717) is 13.2 Å². The summed E-state index contributed by atoms with van der Waals surface area (Å²) in [5.41, 5.74) is 1.82. The summed E-state index contributed by atoms with van der Waals surface area (Å²) in [4.78, 5) is 23.0. The number of carbonyl (C=O) groups excluding carboxylic acids is 2. The van der Waals surface area contributed by atoms with Crippen LogP contribution in [0.25, 0.3) is 22.9 Å². The highest BCUT2D eigenvalue weighted by Gasteiger charge is 2.03. The van der Waals surface area contributed by atoms with Crippen LogP contribution in [-0.2, 0) is 19.1 Å². The molecule has 2 aromatic rings. The molecule has 124 valence electrons. The van der Waals surface area contributed by atoms with E-state index in [0.717, 1.165) is 21.9 Å². The monoisotopic (exact) mass is 324 g/mol. The number of benzene rings is 2. The second-order valence-corrected chi connectivity index (χ2v) is 4.96. The van der Waals surface area contributed by atoms with E-state index in [4.69, 9.17) is 9.47 Å². The molecule has 0 heterocycles. The van der Waals surface area contributed by atoms with Crippen molar-refractivity contribution >= 4 is 34.9 Å². The fourth-order valence-corrected chi connectivity index (χ4v) is 2.35. The second-order valence-electron chi connectivity index (χ2n) is 4.96. The molecule has 0 aliphatic rings. The molecule has 2 rings (SSSR count). The molecular formula is C20H20O4. The van der Waals surface area contributed by atoms with Gasteiger partial charge in [0.1, 0.15) is 0 Å². The van der Waals surface area contributed by atoms with Gasteiger partial charge in [0, 0.05) is 12.2 Å². The molecule has 0 saturated heterocycles. The van der Waals surface area contributed by atoms with Crippen LogP contribution in [0.1, 0.15) is 25.0 Å². The van der Waals surface area contributed by atoms with E-state index in [1.54, 1.807) is 26.0 Å². The summed E-state index contributed by atoms with van der Waals surface area (Å²) in [6.45, 7) is 4.24. The Morgan fingerprint density at radius 3 is 1.58 bits per heavy atom. The first-order chi connectivity index (χ1) is 11.7. The smallest absolute Gasteiger partial charge is 0.330 e. The van der Waals surface area contributed by atoms with Gasteiger partial charge in [-0.05, 0) is 47.9 Å². The molecular weight excluding hydrogens is 304 g/mol. The summed E-state index contributed by atoms with van der Waals surface area (Å²) < 4.78 is 9.80. The third-order valence-electron chi connectivity index (χ3n) is 3.36. The molecule has 0 radical (unpaired) electrons. The Morgan fingerprint density at radius 1 is 0.792 bits per heavy atom. The molecule has 2 aromatic carbocycles. The van der Waals surface area contributed by atoms with Crippen LogP contribution < -0.4 is 0 Å². The number of fused-ring (bicyclic) bond motifs is 1. The van der Waals surface area contributed by atoms with Crippen molar-refractivity contribution in [3.8, 4) is 0 Å². The van der Waals surface area contributed by atoms with E-state index in [2.05, 4.69) is 0 Å². The Hall–Kier alpha value is -2.88. The van der Waals surface area contributed by atoms with Crippen molar-refractivity contribution in [1.29, 1.82) is 0 Å². The molecule has 0 bridgehead atoms. The van der Waals surface area contributed by atoms with E-state index in [1.807, 2.05) is 36.4 Å². The molecule has 0 fully saturated rings. The summed E-state index contributed by atoms with van der Waals surface area (Å²) in [5, 5.41) is 1.98. The standard InChI is InChI=1S/C20H20O4/c1-3-23-19(21)13-11-15-7-5-10-18-16(8-6-9-17(15)18)12-14-20(22)24-4-2/h5-14H,3-4H2,1-2H3/b13-11+,14-12+. The van der Waals surface area contributed by atoms with E-state index in [9.17, 15) is 9.59 Å². The van der Waals surface area contributed by atoms with Crippen LogP contribution in [0, 0.1) is 0 Å². The number of esters is 2.